The lowest BCUT2D eigenvalue weighted by atomic mass is 10.1. The molecule has 33 heavy (non-hydrogen) atoms. The summed E-state index contributed by atoms with van der Waals surface area (Å²) in [4.78, 5) is 22.9. The lowest BCUT2D eigenvalue weighted by Gasteiger charge is -2.04. The zero-order chi connectivity index (χ0) is 23.5. The van der Waals surface area contributed by atoms with Crippen LogP contribution in [0.2, 0.25) is 0 Å². The maximum atomic E-state index is 12.6. The van der Waals surface area contributed by atoms with Gasteiger partial charge in [-0.1, -0.05) is 18.2 Å². The number of hydrazone groups is 1. The van der Waals surface area contributed by atoms with Crippen molar-refractivity contribution < 1.29 is 9.72 Å². The molecule has 0 radical (unpaired) electrons. The molecule has 2 aromatic carbocycles. The number of hydrogen-bond acceptors (Lipinski definition) is 6. The monoisotopic (exact) mass is 443 g/mol. The molecule has 0 atom stereocenters. The van der Waals surface area contributed by atoms with Crippen LogP contribution in [0.15, 0.2) is 65.8 Å². The van der Waals surface area contributed by atoms with Gasteiger partial charge in [0.15, 0.2) is 0 Å². The van der Waals surface area contributed by atoms with Crippen LogP contribution in [0.4, 0.5) is 5.69 Å². The lowest BCUT2D eigenvalue weighted by Crippen LogP contribution is -2.19. The number of nitrogens with one attached hydrogen (secondary N) is 2. The summed E-state index contributed by atoms with van der Waals surface area (Å²) in [6.45, 7) is 5.55. The van der Waals surface area contributed by atoms with Crippen LogP contribution in [0.5, 0.6) is 0 Å². The van der Waals surface area contributed by atoms with E-state index in [1.165, 1.54) is 12.1 Å². The number of nitrogens with zero attached hydrogens (tertiary/aromatic N) is 5. The summed E-state index contributed by atoms with van der Waals surface area (Å²) in [5.41, 5.74) is 7.97. The molecule has 1 amide bonds. The molecular weight excluding hydrogens is 422 g/mol. The van der Waals surface area contributed by atoms with Crippen molar-refractivity contribution in [2.75, 3.05) is 0 Å². The Bertz CT molecular complexity index is 1350. The number of carbonyl (C=O) groups is 1. The quantitative estimate of drug-likeness (QED) is 0.265. The number of nitro groups is 1. The van der Waals surface area contributed by atoms with E-state index >= 15 is 0 Å². The molecule has 4 aromatic rings. The minimum absolute atomic E-state index is 0.0123. The van der Waals surface area contributed by atoms with E-state index in [0.717, 1.165) is 22.6 Å². The molecule has 2 heterocycles. The second-order valence-corrected chi connectivity index (χ2v) is 7.40. The van der Waals surface area contributed by atoms with Crippen LogP contribution >= 0.6 is 0 Å². The Kier molecular flexibility index (Phi) is 5.81. The van der Waals surface area contributed by atoms with Gasteiger partial charge in [-0.3, -0.25) is 20.0 Å². The zero-order valence-electron chi connectivity index (χ0n) is 18.2. The number of amides is 1. The summed E-state index contributed by atoms with van der Waals surface area (Å²) in [7, 11) is 0. The molecule has 10 heteroatoms. The number of H-pyrrole nitrogens is 1. The second kappa shape index (κ2) is 8.87. The standard InChI is InChI=1S/C23H21N7O3/c1-14(17-9-11-19(12-10-17)30(32)33)24-27-23(31)21-13-20(25-26-21)22-15(2)28-29(16(22)3)18-7-5-4-6-8-18/h4-13H,1-3H3,(H,25,26)(H,27,31). The molecule has 0 saturated carbocycles. The average Bonchev–Trinajstić information content (AvgIpc) is 3.42. The van der Waals surface area contributed by atoms with Crippen LogP contribution in [0.25, 0.3) is 16.9 Å². The van der Waals surface area contributed by atoms with E-state index < -0.39 is 10.8 Å². The molecule has 0 fully saturated rings. The highest BCUT2D eigenvalue weighted by atomic mass is 16.6. The first-order valence-corrected chi connectivity index (χ1v) is 10.1. The highest BCUT2D eigenvalue weighted by molar-refractivity contribution is 6.00. The van der Waals surface area contributed by atoms with Gasteiger partial charge in [-0.15, -0.1) is 0 Å². The Morgan fingerprint density at radius 1 is 1.12 bits per heavy atom. The topological polar surface area (TPSA) is 131 Å². The Balaban J connectivity index is 1.52. The number of aromatic nitrogens is 4. The molecule has 0 bridgehead atoms. The second-order valence-electron chi connectivity index (χ2n) is 7.40. The number of aromatic amines is 1. The van der Waals surface area contributed by atoms with E-state index in [1.54, 1.807) is 25.1 Å². The van der Waals surface area contributed by atoms with Gasteiger partial charge in [0.2, 0.25) is 0 Å². The fraction of sp³-hybridized carbons (Fsp3) is 0.130. The molecule has 0 aliphatic heterocycles. The number of nitro benzene ring substituents is 1. The van der Waals surface area contributed by atoms with E-state index in [-0.39, 0.29) is 11.4 Å². The zero-order valence-corrected chi connectivity index (χ0v) is 18.2. The molecule has 4 rings (SSSR count). The first-order valence-electron chi connectivity index (χ1n) is 10.1. The van der Waals surface area contributed by atoms with Crippen molar-refractivity contribution in [3.8, 4) is 16.9 Å². The van der Waals surface area contributed by atoms with Gasteiger partial charge in [0.05, 0.1) is 33.4 Å². The summed E-state index contributed by atoms with van der Waals surface area (Å²) in [6.07, 6.45) is 0. The predicted octanol–water partition coefficient (Wildman–Crippen LogP) is 3.94. The third-order valence-electron chi connectivity index (χ3n) is 5.19. The Labute approximate surface area is 189 Å². The van der Waals surface area contributed by atoms with Gasteiger partial charge in [-0.2, -0.15) is 15.3 Å². The minimum Gasteiger partial charge on any atom is -0.272 e. The first-order chi connectivity index (χ1) is 15.8. The van der Waals surface area contributed by atoms with Crippen LogP contribution in [-0.2, 0) is 0 Å². The van der Waals surface area contributed by atoms with Crippen molar-refractivity contribution in [3.05, 3.63) is 93.4 Å². The van der Waals surface area contributed by atoms with Crippen LogP contribution in [-0.4, -0.2) is 36.5 Å². The molecule has 2 aromatic heterocycles. The van der Waals surface area contributed by atoms with Gasteiger partial charge in [-0.25, -0.2) is 10.1 Å². The molecule has 2 N–H and O–H groups in total. The Morgan fingerprint density at radius 3 is 2.48 bits per heavy atom. The van der Waals surface area contributed by atoms with Crippen LogP contribution in [0, 0.1) is 24.0 Å². The number of para-hydroxylation sites is 1. The summed E-state index contributed by atoms with van der Waals surface area (Å²) >= 11 is 0. The smallest absolute Gasteiger partial charge is 0.272 e. The van der Waals surface area contributed by atoms with Crippen molar-refractivity contribution in [2.24, 2.45) is 5.10 Å². The number of non-ortho nitro benzene ring substituents is 1. The maximum absolute atomic E-state index is 12.6. The van der Waals surface area contributed by atoms with E-state index in [9.17, 15) is 14.9 Å². The number of rotatable bonds is 6. The normalized spacial score (nSPS) is 11.4. The van der Waals surface area contributed by atoms with Gasteiger partial charge in [0, 0.05) is 17.7 Å². The van der Waals surface area contributed by atoms with Crippen LogP contribution < -0.4 is 5.43 Å². The van der Waals surface area contributed by atoms with Crippen LogP contribution in [0.1, 0.15) is 34.4 Å². The fourth-order valence-electron chi connectivity index (χ4n) is 3.48. The molecule has 0 unspecified atom stereocenters. The molecule has 0 saturated heterocycles. The first kappa shape index (κ1) is 21.6. The predicted molar refractivity (Wildman–Crippen MR) is 123 cm³/mol. The average molecular weight is 443 g/mol. The van der Waals surface area contributed by atoms with E-state index in [2.05, 4.69) is 25.8 Å². The van der Waals surface area contributed by atoms with Gasteiger partial charge < -0.3 is 0 Å². The number of benzene rings is 2. The SMILES string of the molecule is CC(=NNC(=O)c1cc(-c2c(C)nn(-c3ccccc3)c2C)n[nH]1)c1ccc([N+](=O)[O-])cc1. The molecule has 10 nitrogen and oxygen atoms in total. The summed E-state index contributed by atoms with van der Waals surface area (Å²) in [5.74, 6) is -0.458. The molecule has 0 aliphatic carbocycles. The Hall–Kier alpha value is -4.60. The minimum atomic E-state index is -0.471. The highest BCUT2D eigenvalue weighted by Gasteiger charge is 2.19. The van der Waals surface area contributed by atoms with E-state index in [0.29, 0.717) is 17.0 Å². The van der Waals surface area contributed by atoms with E-state index in [1.807, 2.05) is 48.9 Å². The van der Waals surface area contributed by atoms with E-state index in [4.69, 9.17) is 0 Å². The summed E-state index contributed by atoms with van der Waals surface area (Å²) in [6, 6.07) is 17.4. The van der Waals surface area contributed by atoms with Crippen molar-refractivity contribution in [1.29, 1.82) is 0 Å². The van der Waals surface area contributed by atoms with Crippen LogP contribution in [0.3, 0.4) is 0 Å². The highest BCUT2D eigenvalue weighted by Crippen LogP contribution is 2.27. The molecule has 0 aliphatic rings. The maximum Gasteiger partial charge on any atom is 0.289 e. The number of aryl methyl sites for hydroxylation is 1. The molecule has 0 spiro atoms. The van der Waals surface area contributed by atoms with Crippen molar-refractivity contribution >= 4 is 17.3 Å². The third kappa shape index (κ3) is 4.40. The van der Waals surface area contributed by atoms with Crippen molar-refractivity contribution in [3.63, 3.8) is 0 Å². The summed E-state index contributed by atoms with van der Waals surface area (Å²) < 4.78 is 1.84. The Morgan fingerprint density at radius 2 is 1.82 bits per heavy atom. The molecular formula is C23H21N7O3. The third-order valence-corrected chi connectivity index (χ3v) is 5.19. The number of hydrogen-bond donors (Lipinski definition) is 2. The van der Waals surface area contributed by atoms with Gasteiger partial charge in [0.1, 0.15) is 5.69 Å². The van der Waals surface area contributed by atoms with Crippen molar-refractivity contribution in [2.45, 2.75) is 20.8 Å². The van der Waals surface area contributed by atoms with Gasteiger partial charge in [-0.05, 0) is 56.7 Å². The fourth-order valence-corrected chi connectivity index (χ4v) is 3.48. The largest absolute Gasteiger partial charge is 0.289 e. The van der Waals surface area contributed by atoms with Gasteiger partial charge >= 0.3 is 0 Å². The van der Waals surface area contributed by atoms with Gasteiger partial charge in [0.25, 0.3) is 11.6 Å². The lowest BCUT2D eigenvalue weighted by molar-refractivity contribution is -0.384. The molecule has 166 valence electrons. The van der Waals surface area contributed by atoms with Crippen molar-refractivity contribution in [1.82, 2.24) is 25.4 Å². The summed E-state index contributed by atoms with van der Waals surface area (Å²) in [5, 5.41) is 26.5. The number of carbonyl (C=O) groups excluding carboxylic acids is 1.